The Labute approximate surface area is 125 Å². The van der Waals surface area contributed by atoms with Crippen LogP contribution >= 0.6 is 12.2 Å². The molecule has 1 fully saturated rings. The fourth-order valence-electron chi connectivity index (χ4n) is 3.31. The van der Waals surface area contributed by atoms with Crippen LogP contribution in [0.4, 0.5) is 0 Å². The fourth-order valence-corrected chi connectivity index (χ4v) is 3.86. The molecule has 1 aliphatic rings. The number of rotatable bonds is 2. The third-order valence-electron chi connectivity index (χ3n) is 3.73. The molecule has 19 heavy (non-hydrogen) atoms. The maximum atomic E-state index is 5.66. The number of hydrogen-bond acceptors (Lipinski definition) is 1. The molecule has 1 atom stereocenters. The van der Waals surface area contributed by atoms with Crippen LogP contribution in [0.5, 0.6) is 0 Å². The molecule has 1 N–H and O–H groups in total. The van der Waals surface area contributed by atoms with Gasteiger partial charge in [0, 0.05) is 18.1 Å². The third kappa shape index (κ3) is 6.11. The monoisotopic (exact) mass is 284 g/mol. The summed E-state index contributed by atoms with van der Waals surface area (Å²) in [5, 5.41) is 4.55. The second-order valence-corrected chi connectivity index (χ2v) is 8.33. The van der Waals surface area contributed by atoms with E-state index >= 15 is 0 Å². The van der Waals surface area contributed by atoms with Crippen molar-refractivity contribution < 1.29 is 0 Å². The van der Waals surface area contributed by atoms with Gasteiger partial charge in [-0.05, 0) is 57.7 Å². The zero-order valence-corrected chi connectivity index (χ0v) is 14.5. The second kappa shape index (κ2) is 6.43. The first-order chi connectivity index (χ1) is 8.61. The van der Waals surface area contributed by atoms with Gasteiger partial charge in [-0.15, -0.1) is 0 Å². The second-order valence-electron chi connectivity index (χ2n) is 7.94. The van der Waals surface area contributed by atoms with Gasteiger partial charge in [-0.25, -0.2) is 0 Å². The first-order valence-corrected chi connectivity index (χ1v) is 8.10. The summed E-state index contributed by atoms with van der Waals surface area (Å²) in [7, 11) is 0. The Bertz CT molecular complexity index is 304. The van der Waals surface area contributed by atoms with E-state index in [-0.39, 0.29) is 5.54 Å². The van der Waals surface area contributed by atoms with Gasteiger partial charge in [-0.1, -0.05) is 33.6 Å². The fraction of sp³-hybridized carbons (Fsp3) is 0.938. The van der Waals surface area contributed by atoms with E-state index in [4.69, 9.17) is 12.2 Å². The summed E-state index contributed by atoms with van der Waals surface area (Å²) in [6, 6.07) is 0.577. The standard InChI is InChI=1S/C16H32N2S/c1-13-10-8-7-9-11-18(13)14(19)17-16(5,6)12-15(2,3)4/h13H,7-12H2,1-6H3,(H,17,19). The van der Waals surface area contributed by atoms with Gasteiger partial charge in [0.1, 0.15) is 0 Å². The van der Waals surface area contributed by atoms with E-state index in [1.54, 1.807) is 0 Å². The molecule has 3 heteroatoms. The molecule has 0 aromatic rings. The van der Waals surface area contributed by atoms with Crippen molar-refractivity contribution in [3.8, 4) is 0 Å². The Balaban J connectivity index is 2.62. The molecule has 0 radical (unpaired) electrons. The van der Waals surface area contributed by atoms with Gasteiger partial charge in [0.2, 0.25) is 0 Å². The Hall–Kier alpha value is -0.310. The average Bonchev–Trinajstić information content (AvgIpc) is 2.37. The molecule has 1 heterocycles. The molecule has 0 aliphatic carbocycles. The first-order valence-electron chi connectivity index (χ1n) is 7.69. The van der Waals surface area contributed by atoms with Crippen molar-refractivity contribution >= 4 is 17.3 Å². The summed E-state index contributed by atoms with van der Waals surface area (Å²) in [5.74, 6) is 0. The number of hydrogen-bond donors (Lipinski definition) is 1. The van der Waals surface area contributed by atoms with Crippen LogP contribution in [0.3, 0.4) is 0 Å². The molecule has 112 valence electrons. The van der Waals surface area contributed by atoms with Crippen molar-refractivity contribution in [2.75, 3.05) is 6.54 Å². The van der Waals surface area contributed by atoms with E-state index in [1.807, 2.05) is 0 Å². The predicted molar refractivity (Wildman–Crippen MR) is 88.5 cm³/mol. The Morgan fingerprint density at radius 1 is 1.16 bits per heavy atom. The largest absolute Gasteiger partial charge is 0.358 e. The number of nitrogens with one attached hydrogen (secondary N) is 1. The minimum absolute atomic E-state index is 0.0569. The minimum atomic E-state index is 0.0569. The van der Waals surface area contributed by atoms with E-state index in [0.717, 1.165) is 18.1 Å². The Morgan fingerprint density at radius 2 is 1.79 bits per heavy atom. The lowest BCUT2D eigenvalue weighted by atomic mass is 9.82. The van der Waals surface area contributed by atoms with Crippen LogP contribution < -0.4 is 5.32 Å². The maximum absolute atomic E-state index is 5.66. The van der Waals surface area contributed by atoms with E-state index in [1.165, 1.54) is 25.7 Å². The van der Waals surface area contributed by atoms with Gasteiger partial charge in [-0.3, -0.25) is 0 Å². The molecule has 0 bridgehead atoms. The zero-order chi connectivity index (χ0) is 14.7. The molecule has 1 rings (SSSR count). The van der Waals surface area contributed by atoms with E-state index in [0.29, 0.717) is 11.5 Å². The molecule has 2 nitrogen and oxygen atoms in total. The summed E-state index contributed by atoms with van der Waals surface area (Å²) in [5.41, 5.74) is 0.373. The molecular weight excluding hydrogens is 252 g/mol. The first kappa shape index (κ1) is 16.7. The topological polar surface area (TPSA) is 15.3 Å². The van der Waals surface area contributed by atoms with E-state index < -0.39 is 0 Å². The van der Waals surface area contributed by atoms with Gasteiger partial charge in [0.15, 0.2) is 5.11 Å². The summed E-state index contributed by atoms with van der Waals surface area (Å²) >= 11 is 5.66. The van der Waals surface area contributed by atoms with Crippen LogP contribution in [0.15, 0.2) is 0 Å². The quantitative estimate of drug-likeness (QED) is 0.759. The summed E-state index contributed by atoms with van der Waals surface area (Å²) < 4.78 is 0. The number of nitrogens with zero attached hydrogens (tertiary/aromatic N) is 1. The van der Waals surface area contributed by atoms with Gasteiger partial charge < -0.3 is 10.2 Å². The zero-order valence-electron chi connectivity index (χ0n) is 13.7. The van der Waals surface area contributed by atoms with Crippen LogP contribution in [0.1, 0.15) is 73.6 Å². The Kier molecular flexibility index (Phi) is 5.66. The van der Waals surface area contributed by atoms with Crippen molar-refractivity contribution in [1.82, 2.24) is 10.2 Å². The van der Waals surface area contributed by atoms with Gasteiger partial charge >= 0.3 is 0 Å². The number of thiocarbonyl (C=S) groups is 1. The highest BCUT2D eigenvalue weighted by Crippen LogP contribution is 2.27. The van der Waals surface area contributed by atoms with Crippen molar-refractivity contribution in [2.24, 2.45) is 5.41 Å². The van der Waals surface area contributed by atoms with E-state index in [9.17, 15) is 0 Å². The van der Waals surface area contributed by atoms with Crippen LogP contribution in [0, 0.1) is 5.41 Å². The van der Waals surface area contributed by atoms with Crippen LogP contribution in [0.2, 0.25) is 0 Å². The van der Waals surface area contributed by atoms with Crippen molar-refractivity contribution in [3.63, 3.8) is 0 Å². The summed E-state index contributed by atoms with van der Waals surface area (Å²) in [6.45, 7) is 14.8. The molecule has 1 unspecified atom stereocenters. The maximum Gasteiger partial charge on any atom is 0.169 e. The third-order valence-corrected chi connectivity index (χ3v) is 4.07. The van der Waals surface area contributed by atoms with Crippen LogP contribution in [-0.2, 0) is 0 Å². The molecule has 0 amide bonds. The highest BCUT2D eigenvalue weighted by Gasteiger charge is 2.28. The normalized spacial score (nSPS) is 22.0. The smallest absolute Gasteiger partial charge is 0.169 e. The van der Waals surface area contributed by atoms with Gasteiger partial charge in [0.25, 0.3) is 0 Å². The lowest BCUT2D eigenvalue weighted by Crippen LogP contribution is -2.53. The number of likely N-dealkylation sites (tertiary alicyclic amines) is 1. The molecule has 0 aromatic heterocycles. The molecule has 0 spiro atoms. The molecule has 1 saturated heterocycles. The average molecular weight is 285 g/mol. The predicted octanol–water partition coefficient (Wildman–Crippen LogP) is 4.34. The van der Waals surface area contributed by atoms with Gasteiger partial charge in [-0.2, -0.15) is 0 Å². The van der Waals surface area contributed by atoms with Gasteiger partial charge in [0.05, 0.1) is 0 Å². The minimum Gasteiger partial charge on any atom is -0.358 e. The molecule has 0 saturated carbocycles. The lowest BCUT2D eigenvalue weighted by Gasteiger charge is -2.38. The highest BCUT2D eigenvalue weighted by atomic mass is 32.1. The van der Waals surface area contributed by atoms with Crippen molar-refractivity contribution in [3.05, 3.63) is 0 Å². The van der Waals surface area contributed by atoms with Crippen molar-refractivity contribution in [1.29, 1.82) is 0 Å². The van der Waals surface area contributed by atoms with Crippen LogP contribution in [0.25, 0.3) is 0 Å². The summed E-state index contributed by atoms with van der Waals surface area (Å²) in [6.07, 6.45) is 6.33. The SMILES string of the molecule is CC1CCCCCN1C(=S)NC(C)(C)CC(C)(C)C. The van der Waals surface area contributed by atoms with Crippen molar-refractivity contribution in [2.45, 2.75) is 85.2 Å². The molecular formula is C16H32N2S. The lowest BCUT2D eigenvalue weighted by molar-refractivity contribution is 0.252. The molecule has 1 aliphatic heterocycles. The molecule has 0 aromatic carbocycles. The Morgan fingerprint density at radius 3 is 2.37 bits per heavy atom. The summed E-state index contributed by atoms with van der Waals surface area (Å²) in [4.78, 5) is 2.40. The van der Waals surface area contributed by atoms with Crippen LogP contribution in [-0.4, -0.2) is 28.1 Å². The van der Waals surface area contributed by atoms with E-state index in [2.05, 4.69) is 51.8 Å². The highest BCUT2D eigenvalue weighted by molar-refractivity contribution is 7.80.